The first-order valence-electron chi connectivity index (χ1n) is 7.23. The first-order chi connectivity index (χ1) is 10.5. The Morgan fingerprint density at radius 1 is 1.27 bits per heavy atom. The Balaban J connectivity index is 1.98. The largest absolute Gasteiger partial charge is 0.308 e. The van der Waals surface area contributed by atoms with Gasteiger partial charge in [0.15, 0.2) is 0 Å². The highest BCUT2D eigenvalue weighted by molar-refractivity contribution is 6.35. The van der Waals surface area contributed by atoms with Gasteiger partial charge in [0.05, 0.1) is 0 Å². The maximum atomic E-state index is 13.0. The van der Waals surface area contributed by atoms with E-state index in [2.05, 4.69) is 4.98 Å². The molecule has 0 unspecified atom stereocenters. The molecule has 0 radical (unpaired) electrons. The summed E-state index contributed by atoms with van der Waals surface area (Å²) in [5.41, 5.74) is 2.26. The molecule has 1 aromatic carbocycles. The summed E-state index contributed by atoms with van der Waals surface area (Å²) in [6, 6.07) is 6.99. The van der Waals surface area contributed by atoms with Crippen molar-refractivity contribution in [3.05, 3.63) is 57.8 Å². The van der Waals surface area contributed by atoms with Crippen LogP contribution in [0.5, 0.6) is 0 Å². The van der Waals surface area contributed by atoms with Gasteiger partial charge in [0.2, 0.25) is 0 Å². The topological polar surface area (TPSA) is 33.2 Å². The number of amides is 1. The molecular weight excluding hydrogens is 319 g/mol. The highest BCUT2D eigenvalue weighted by Crippen LogP contribution is 2.34. The molecule has 22 heavy (non-hydrogen) atoms. The van der Waals surface area contributed by atoms with Gasteiger partial charge in [-0.25, -0.2) is 0 Å². The summed E-state index contributed by atoms with van der Waals surface area (Å²) in [5.74, 6) is 0.522. The molecule has 2 aromatic rings. The fourth-order valence-corrected chi connectivity index (χ4v) is 2.93. The molecule has 5 heteroatoms. The van der Waals surface area contributed by atoms with Gasteiger partial charge in [-0.15, -0.1) is 0 Å². The Morgan fingerprint density at radius 3 is 2.55 bits per heavy atom. The highest BCUT2D eigenvalue weighted by Gasteiger charge is 2.29. The van der Waals surface area contributed by atoms with Crippen LogP contribution >= 0.6 is 23.2 Å². The predicted molar refractivity (Wildman–Crippen MR) is 89.8 cm³/mol. The Kier molecular flexibility index (Phi) is 4.37. The predicted octanol–water partition coefficient (Wildman–Crippen LogP) is 4.75. The average molecular weight is 335 g/mol. The zero-order valence-corrected chi connectivity index (χ0v) is 13.7. The van der Waals surface area contributed by atoms with Crippen LogP contribution in [0.25, 0.3) is 0 Å². The van der Waals surface area contributed by atoms with Crippen LogP contribution < -0.4 is 4.90 Å². The van der Waals surface area contributed by atoms with Crippen molar-refractivity contribution in [2.24, 2.45) is 5.92 Å². The van der Waals surface area contributed by atoms with Crippen LogP contribution in [0.15, 0.2) is 36.7 Å². The molecule has 1 aromatic heterocycles. The SMILES string of the molecule is Cc1cnccc1C(=O)N(CC1CC1)c1cc(Cl)cc(Cl)c1. The number of hydrogen-bond donors (Lipinski definition) is 0. The molecule has 1 aliphatic carbocycles. The quantitative estimate of drug-likeness (QED) is 0.807. The van der Waals surface area contributed by atoms with Gasteiger partial charge in [0.1, 0.15) is 0 Å². The van der Waals surface area contributed by atoms with E-state index in [-0.39, 0.29) is 5.91 Å². The second-order valence-corrected chi connectivity index (χ2v) is 6.55. The van der Waals surface area contributed by atoms with Crippen molar-refractivity contribution in [1.82, 2.24) is 4.98 Å². The molecule has 114 valence electrons. The second-order valence-electron chi connectivity index (χ2n) is 5.68. The summed E-state index contributed by atoms with van der Waals surface area (Å²) >= 11 is 12.2. The number of hydrogen-bond acceptors (Lipinski definition) is 2. The van der Waals surface area contributed by atoms with E-state index in [1.807, 2.05) is 6.92 Å². The van der Waals surface area contributed by atoms with E-state index in [0.717, 1.165) is 24.1 Å². The standard InChI is InChI=1S/C17H16Cl2N2O/c1-11-9-20-5-4-16(11)17(22)21(10-12-2-3-12)15-7-13(18)6-14(19)8-15/h4-9,12H,2-3,10H2,1H3. The van der Waals surface area contributed by atoms with Gasteiger partial charge >= 0.3 is 0 Å². The summed E-state index contributed by atoms with van der Waals surface area (Å²) < 4.78 is 0. The molecule has 1 fully saturated rings. The fraction of sp³-hybridized carbons (Fsp3) is 0.294. The van der Waals surface area contributed by atoms with Crippen molar-refractivity contribution in [3.63, 3.8) is 0 Å². The van der Waals surface area contributed by atoms with E-state index in [0.29, 0.717) is 28.1 Å². The summed E-state index contributed by atoms with van der Waals surface area (Å²) in [7, 11) is 0. The summed E-state index contributed by atoms with van der Waals surface area (Å²) in [5, 5.41) is 1.06. The van der Waals surface area contributed by atoms with Gasteiger partial charge in [0, 0.05) is 40.2 Å². The molecule has 0 N–H and O–H groups in total. The molecule has 3 rings (SSSR count). The van der Waals surface area contributed by atoms with Gasteiger partial charge in [-0.2, -0.15) is 0 Å². The lowest BCUT2D eigenvalue weighted by atomic mass is 10.1. The van der Waals surface area contributed by atoms with Gasteiger partial charge in [-0.1, -0.05) is 23.2 Å². The third kappa shape index (κ3) is 3.42. The van der Waals surface area contributed by atoms with E-state index in [4.69, 9.17) is 23.2 Å². The third-order valence-corrected chi connectivity index (χ3v) is 4.23. The second kappa shape index (κ2) is 6.27. The van der Waals surface area contributed by atoms with E-state index >= 15 is 0 Å². The average Bonchev–Trinajstić information content (AvgIpc) is 3.27. The molecule has 3 nitrogen and oxygen atoms in total. The normalized spacial score (nSPS) is 14.0. The van der Waals surface area contributed by atoms with E-state index in [1.54, 1.807) is 41.6 Å². The van der Waals surface area contributed by atoms with Gasteiger partial charge < -0.3 is 4.90 Å². The van der Waals surface area contributed by atoms with E-state index in [9.17, 15) is 4.79 Å². The monoisotopic (exact) mass is 334 g/mol. The number of aromatic nitrogens is 1. The maximum Gasteiger partial charge on any atom is 0.258 e. The maximum absolute atomic E-state index is 13.0. The van der Waals surface area contributed by atoms with Crippen LogP contribution in [-0.4, -0.2) is 17.4 Å². The lowest BCUT2D eigenvalue weighted by Gasteiger charge is -2.24. The smallest absolute Gasteiger partial charge is 0.258 e. The summed E-state index contributed by atoms with van der Waals surface area (Å²) in [6.07, 6.45) is 5.66. The minimum absolute atomic E-state index is 0.0369. The van der Waals surface area contributed by atoms with Crippen LogP contribution in [0.2, 0.25) is 10.0 Å². The van der Waals surface area contributed by atoms with Gasteiger partial charge in [-0.3, -0.25) is 9.78 Å². The first-order valence-corrected chi connectivity index (χ1v) is 7.99. The van der Waals surface area contributed by atoms with Crippen LogP contribution in [0, 0.1) is 12.8 Å². The number of carbonyl (C=O) groups is 1. The molecule has 0 atom stereocenters. The number of pyridine rings is 1. The molecule has 1 saturated carbocycles. The molecule has 0 spiro atoms. The lowest BCUT2D eigenvalue weighted by Crippen LogP contribution is -2.33. The van der Waals surface area contributed by atoms with Crippen molar-refractivity contribution in [1.29, 1.82) is 0 Å². The number of carbonyl (C=O) groups excluding carboxylic acids is 1. The molecule has 1 aliphatic rings. The number of rotatable bonds is 4. The number of aryl methyl sites for hydroxylation is 1. The zero-order chi connectivity index (χ0) is 15.7. The molecule has 0 saturated heterocycles. The molecule has 0 aliphatic heterocycles. The van der Waals surface area contributed by atoms with Crippen molar-refractivity contribution in [3.8, 4) is 0 Å². The van der Waals surface area contributed by atoms with E-state index < -0.39 is 0 Å². The number of nitrogens with zero attached hydrogens (tertiary/aromatic N) is 2. The Labute approximate surface area is 139 Å². The van der Waals surface area contributed by atoms with Gasteiger partial charge in [-0.05, 0) is 55.5 Å². The number of anilines is 1. The first kappa shape index (κ1) is 15.3. The minimum atomic E-state index is -0.0369. The Morgan fingerprint density at radius 2 is 1.95 bits per heavy atom. The van der Waals surface area contributed by atoms with Crippen LogP contribution in [0.3, 0.4) is 0 Å². The van der Waals surface area contributed by atoms with Crippen molar-refractivity contribution < 1.29 is 4.79 Å². The Hall–Kier alpha value is -1.58. The highest BCUT2D eigenvalue weighted by atomic mass is 35.5. The van der Waals surface area contributed by atoms with Crippen molar-refractivity contribution in [2.45, 2.75) is 19.8 Å². The van der Waals surface area contributed by atoms with Crippen molar-refractivity contribution >= 4 is 34.8 Å². The Bertz CT molecular complexity index is 693. The van der Waals surface area contributed by atoms with Crippen molar-refractivity contribution in [2.75, 3.05) is 11.4 Å². The molecule has 1 amide bonds. The molecular formula is C17H16Cl2N2O. The fourth-order valence-electron chi connectivity index (χ4n) is 2.42. The number of benzene rings is 1. The zero-order valence-electron chi connectivity index (χ0n) is 12.2. The summed E-state index contributed by atoms with van der Waals surface area (Å²) in [4.78, 5) is 18.8. The van der Waals surface area contributed by atoms with Crippen LogP contribution in [-0.2, 0) is 0 Å². The third-order valence-electron chi connectivity index (χ3n) is 3.79. The molecule has 1 heterocycles. The van der Waals surface area contributed by atoms with Crippen LogP contribution in [0.1, 0.15) is 28.8 Å². The molecule has 0 bridgehead atoms. The number of halogens is 2. The van der Waals surface area contributed by atoms with Gasteiger partial charge in [0.25, 0.3) is 5.91 Å². The lowest BCUT2D eigenvalue weighted by molar-refractivity contribution is 0.0985. The van der Waals surface area contributed by atoms with E-state index in [1.165, 1.54) is 0 Å². The summed E-state index contributed by atoms with van der Waals surface area (Å²) in [6.45, 7) is 2.58. The van der Waals surface area contributed by atoms with Crippen LogP contribution in [0.4, 0.5) is 5.69 Å². The minimum Gasteiger partial charge on any atom is -0.308 e.